The summed E-state index contributed by atoms with van der Waals surface area (Å²) >= 11 is 3.41. The van der Waals surface area contributed by atoms with Crippen LogP contribution < -0.4 is 5.32 Å². The maximum Gasteiger partial charge on any atom is 0.0721 e. The van der Waals surface area contributed by atoms with Crippen molar-refractivity contribution in [3.8, 4) is 5.69 Å². The van der Waals surface area contributed by atoms with Crippen molar-refractivity contribution < 1.29 is 0 Å². The molecule has 96 valence electrons. The van der Waals surface area contributed by atoms with Gasteiger partial charge in [0.1, 0.15) is 0 Å². The fourth-order valence-corrected chi connectivity index (χ4v) is 1.99. The normalized spacial score (nSPS) is 11.1. The van der Waals surface area contributed by atoms with Crippen molar-refractivity contribution in [2.75, 3.05) is 6.54 Å². The molecule has 0 aliphatic heterocycles. The van der Waals surface area contributed by atoms with Crippen LogP contribution in [0.1, 0.15) is 19.4 Å². The maximum absolute atomic E-state index is 4.30. The SMILES string of the molecule is CC(C)CNCc1cnccc1-n1cc(Br)cn1. The Balaban J connectivity index is 2.15. The Kier molecular flexibility index (Phi) is 4.49. The molecule has 18 heavy (non-hydrogen) atoms. The van der Waals surface area contributed by atoms with Gasteiger partial charge in [-0.1, -0.05) is 13.8 Å². The van der Waals surface area contributed by atoms with Crippen LogP contribution in [0.15, 0.2) is 35.3 Å². The van der Waals surface area contributed by atoms with E-state index < -0.39 is 0 Å². The standard InChI is InChI=1S/C13H17BrN4/c1-10(2)5-16-7-11-6-15-4-3-13(11)18-9-12(14)8-17-18/h3-4,6,8-10,16H,5,7H2,1-2H3. The van der Waals surface area contributed by atoms with Crippen molar-refractivity contribution >= 4 is 15.9 Å². The van der Waals surface area contributed by atoms with Crippen molar-refractivity contribution in [2.45, 2.75) is 20.4 Å². The largest absolute Gasteiger partial charge is 0.312 e. The van der Waals surface area contributed by atoms with Gasteiger partial charge in [-0.05, 0) is 34.5 Å². The number of hydrogen-bond donors (Lipinski definition) is 1. The zero-order valence-corrected chi connectivity index (χ0v) is 12.2. The molecule has 0 aromatic carbocycles. The molecule has 0 bridgehead atoms. The summed E-state index contributed by atoms with van der Waals surface area (Å²) in [6.07, 6.45) is 7.40. The van der Waals surface area contributed by atoms with Crippen LogP contribution in [0.25, 0.3) is 5.69 Å². The van der Waals surface area contributed by atoms with Crippen LogP contribution in [-0.2, 0) is 6.54 Å². The number of rotatable bonds is 5. The number of nitrogens with zero attached hydrogens (tertiary/aromatic N) is 3. The van der Waals surface area contributed by atoms with Gasteiger partial charge in [0, 0.05) is 30.7 Å². The summed E-state index contributed by atoms with van der Waals surface area (Å²) in [6.45, 7) is 6.19. The highest BCUT2D eigenvalue weighted by molar-refractivity contribution is 9.10. The van der Waals surface area contributed by atoms with Crippen LogP contribution >= 0.6 is 15.9 Å². The summed E-state index contributed by atoms with van der Waals surface area (Å²) in [5.41, 5.74) is 2.21. The van der Waals surface area contributed by atoms with E-state index in [0.717, 1.165) is 28.8 Å². The lowest BCUT2D eigenvalue weighted by molar-refractivity contribution is 0.550. The Bertz CT molecular complexity index is 507. The molecule has 0 spiro atoms. The van der Waals surface area contributed by atoms with E-state index in [1.165, 1.54) is 0 Å². The molecule has 0 radical (unpaired) electrons. The van der Waals surface area contributed by atoms with E-state index in [2.05, 4.69) is 45.2 Å². The third-order valence-corrected chi connectivity index (χ3v) is 2.95. The van der Waals surface area contributed by atoms with Gasteiger partial charge in [0.2, 0.25) is 0 Å². The molecule has 0 saturated heterocycles. The van der Waals surface area contributed by atoms with Gasteiger partial charge in [-0.3, -0.25) is 4.98 Å². The molecule has 2 aromatic heterocycles. The first-order valence-electron chi connectivity index (χ1n) is 6.01. The minimum Gasteiger partial charge on any atom is -0.312 e. The third kappa shape index (κ3) is 3.40. The van der Waals surface area contributed by atoms with Crippen LogP contribution in [0.4, 0.5) is 0 Å². The molecule has 0 saturated carbocycles. The number of nitrogens with one attached hydrogen (secondary N) is 1. The highest BCUT2D eigenvalue weighted by Gasteiger charge is 2.06. The molecular weight excluding hydrogens is 292 g/mol. The molecule has 2 aromatic rings. The van der Waals surface area contributed by atoms with Crippen LogP contribution in [0.3, 0.4) is 0 Å². The Labute approximate surface area is 116 Å². The van der Waals surface area contributed by atoms with Crippen LogP contribution in [0.2, 0.25) is 0 Å². The molecule has 0 aliphatic rings. The first kappa shape index (κ1) is 13.2. The molecule has 2 rings (SSSR count). The van der Waals surface area contributed by atoms with Gasteiger partial charge in [-0.25, -0.2) is 4.68 Å². The minimum absolute atomic E-state index is 0.643. The summed E-state index contributed by atoms with van der Waals surface area (Å²) in [5, 5.41) is 7.73. The zero-order chi connectivity index (χ0) is 13.0. The maximum atomic E-state index is 4.30. The molecular formula is C13H17BrN4. The molecule has 0 atom stereocenters. The predicted octanol–water partition coefficient (Wildman–Crippen LogP) is 2.78. The number of pyridine rings is 1. The number of hydrogen-bond acceptors (Lipinski definition) is 3. The van der Waals surface area contributed by atoms with Gasteiger partial charge < -0.3 is 5.32 Å². The lowest BCUT2D eigenvalue weighted by Crippen LogP contribution is -2.20. The fourth-order valence-electron chi connectivity index (χ4n) is 1.71. The van der Waals surface area contributed by atoms with Gasteiger partial charge in [-0.15, -0.1) is 0 Å². The van der Waals surface area contributed by atoms with Gasteiger partial charge >= 0.3 is 0 Å². The fraction of sp³-hybridized carbons (Fsp3) is 0.385. The predicted molar refractivity (Wildman–Crippen MR) is 75.6 cm³/mol. The second kappa shape index (κ2) is 6.11. The van der Waals surface area contributed by atoms with E-state index in [-0.39, 0.29) is 0 Å². The van der Waals surface area contributed by atoms with Crippen molar-refractivity contribution in [1.29, 1.82) is 0 Å². The van der Waals surface area contributed by atoms with Crippen molar-refractivity contribution in [3.63, 3.8) is 0 Å². The summed E-state index contributed by atoms with van der Waals surface area (Å²) < 4.78 is 2.83. The summed E-state index contributed by atoms with van der Waals surface area (Å²) in [7, 11) is 0. The number of aromatic nitrogens is 3. The summed E-state index contributed by atoms with van der Waals surface area (Å²) in [4.78, 5) is 4.18. The lowest BCUT2D eigenvalue weighted by atomic mass is 10.2. The number of halogens is 1. The molecule has 0 unspecified atom stereocenters. The van der Waals surface area contributed by atoms with Crippen molar-refractivity contribution in [1.82, 2.24) is 20.1 Å². The zero-order valence-electron chi connectivity index (χ0n) is 10.6. The van der Waals surface area contributed by atoms with E-state index in [4.69, 9.17) is 0 Å². The van der Waals surface area contributed by atoms with E-state index in [1.54, 1.807) is 12.4 Å². The quantitative estimate of drug-likeness (QED) is 0.923. The third-order valence-electron chi connectivity index (χ3n) is 2.54. The van der Waals surface area contributed by atoms with Gasteiger partial charge in [0.05, 0.1) is 16.4 Å². The average Bonchev–Trinajstić information content (AvgIpc) is 2.76. The Hall–Kier alpha value is -1.20. The second-order valence-corrected chi connectivity index (χ2v) is 5.55. The van der Waals surface area contributed by atoms with Gasteiger partial charge in [-0.2, -0.15) is 5.10 Å². The Morgan fingerprint density at radius 1 is 1.39 bits per heavy atom. The Morgan fingerprint density at radius 2 is 2.22 bits per heavy atom. The smallest absolute Gasteiger partial charge is 0.0721 e. The average molecular weight is 309 g/mol. The van der Waals surface area contributed by atoms with E-state index >= 15 is 0 Å². The van der Waals surface area contributed by atoms with Crippen LogP contribution in [0.5, 0.6) is 0 Å². The molecule has 0 amide bonds. The van der Waals surface area contributed by atoms with Crippen LogP contribution in [0, 0.1) is 5.92 Å². The Morgan fingerprint density at radius 3 is 2.89 bits per heavy atom. The monoisotopic (exact) mass is 308 g/mol. The molecule has 2 heterocycles. The molecule has 0 fully saturated rings. The highest BCUT2D eigenvalue weighted by Crippen LogP contribution is 2.15. The van der Waals surface area contributed by atoms with Crippen LogP contribution in [-0.4, -0.2) is 21.3 Å². The van der Waals surface area contributed by atoms with Gasteiger partial charge in [0.25, 0.3) is 0 Å². The van der Waals surface area contributed by atoms with Crippen molar-refractivity contribution in [3.05, 3.63) is 40.9 Å². The first-order chi connectivity index (χ1) is 8.66. The molecule has 1 N–H and O–H groups in total. The second-order valence-electron chi connectivity index (χ2n) is 4.63. The summed E-state index contributed by atoms with van der Waals surface area (Å²) in [5.74, 6) is 0.643. The molecule has 5 heteroatoms. The highest BCUT2D eigenvalue weighted by atomic mass is 79.9. The van der Waals surface area contributed by atoms with E-state index in [0.29, 0.717) is 5.92 Å². The summed E-state index contributed by atoms with van der Waals surface area (Å²) in [6, 6.07) is 1.98. The molecule has 4 nitrogen and oxygen atoms in total. The first-order valence-corrected chi connectivity index (χ1v) is 6.80. The topological polar surface area (TPSA) is 42.7 Å². The minimum atomic E-state index is 0.643. The van der Waals surface area contributed by atoms with Crippen molar-refractivity contribution in [2.24, 2.45) is 5.92 Å². The van der Waals surface area contributed by atoms with E-state index in [9.17, 15) is 0 Å². The van der Waals surface area contributed by atoms with E-state index in [1.807, 2.05) is 23.1 Å². The molecule has 0 aliphatic carbocycles. The van der Waals surface area contributed by atoms with Gasteiger partial charge in [0.15, 0.2) is 0 Å². The lowest BCUT2D eigenvalue weighted by Gasteiger charge is -2.11.